The third kappa shape index (κ3) is 1.16. The summed E-state index contributed by atoms with van der Waals surface area (Å²) in [5.74, 6) is 0. The van der Waals surface area contributed by atoms with E-state index in [4.69, 9.17) is 0 Å². The SMILES string of the molecule is C=CCn1cccc1C=O. The molecular formula is C8H9NO. The normalized spacial score (nSPS) is 9.20. The molecule has 1 aromatic heterocycles. The van der Waals surface area contributed by atoms with Gasteiger partial charge in [-0.05, 0) is 12.1 Å². The van der Waals surface area contributed by atoms with Crippen molar-refractivity contribution < 1.29 is 4.79 Å². The number of aldehydes is 1. The van der Waals surface area contributed by atoms with Crippen LogP contribution in [0.4, 0.5) is 0 Å². The molecule has 0 amide bonds. The molecule has 10 heavy (non-hydrogen) atoms. The van der Waals surface area contributed by atoms with Crippen molar-refractivity contribution in [3.63, 3.8) is 0 Å². The topological polar surface area (TPSA) is 22.0 Å². The number of rotatable bonds is 3. The number of aromatic nitrogens is 1. The summed E-state index contributed by atoms with van der Waals surface area (Å²) < 4.78 is 1.83. The van der Waals surface area contributed by atoms with Crippen molar-refractivity contribution in [3.05, 3.63) is 36.7 Å². The summed E-state index contributed by atoms with van der Waals surface area (Å²) in [6.07, 6.45) is 4.45. The standard InChI is InChI=1S/C8H9NO/c1-2-5-9-6-3-4-8(9)7-10/h2-4,6-7H,1,5H2. The fraction of sp³-hybridized carbons (Fsp3) is 0.125. The van der Waals surface area contributed by atoms with Crippen molar-refractivity contribution in [2.24, 2.45) is 0 Å². The molecule has 0 aromatic carbocycles. The Morgan fingerprint density at radius 1 is 1.70 bits per heavy atom. The van der Waals surface area contributed by atoms with Crippen molar-refractivity contribution in [2.45, 2.75) is 6.54 Å². The van der Waals surface area contributed by atoms with E-state index < -0.39 is 0 Å². The van der Waals surface area contributed by atoms with Crippen LogP contribution in [0, 0.1) is 0 Å². The predicted octanol–water partition coefficient (Wildman–Crippen LogP) is 1.49. The van der Waals surface area contributed by atoms with Crippen LogP contribution >= 0.6 is 0 Å². The Balaban J connectivity index is 2.89. The zero-order chi connectivity index (χ0) is 7.40. The molecular weight excluding hydrogens is 126 g/mol. The lowest BCUT2D eigenvalue weighted by Gasteiger charge is -1.97. The van der Waals surface area contributed by atoms with Gasteiger partial charge in [0.2, 0.25) is 0 Å². The van der Waals surface area contributed by atoms with E-state index in [0.717, 1.165) is 6.29 Å². The Morgan fingerprint density at radius 3 is 3.10 bits per heavy atom. The lowest BCUT2D eigenvalue weighted by Crippen LogP contribution is -1.97. The van der Waals surface area contributed by atoms with E-state index in [1.54, 1.807) is 12.1 Å². The highest BCUT2D eigenvalue weighted by Gasteiger charge is 1.93. The minimum absolute atomic E-state index is 0.694. The van der Waals surface area contributed by atoms with Crippen LogP contribution in [0.3, 0.4) is 0 Å². The fourth-order valence-electron chi connectivity index (χ4n) is 0.840. The molecule has 0 N–H and O–H groups in total. The maximum Gasteiger partial charge on any atom is 0.166 e. The molecule has 1 aromatic rings. The lowest BCUT2D eigenvalue weighted by atomic mass is 10.4. The molecule has 0 spiro atoms. The summed E-state index contributed by atoms with van der Waals surface area (Å²) in [4.78, 5) is 10.3. The van der Waals surface area contributed by atoms with Gasteiger partial charge < -0.3 is 4.57 Å². The van der Waals surface area contributed by atoms with E-state index in [1.165, 1.54) is 0 Å². The average Bonchev–Trinajstić information content (AvgIpc) is 2.36. The molecule has 0 bridgehead atoms. The van der Waals surface area contributed by atoms with Crippen LogP contribution in [-0.2, 0) is 6.54 Å². The summed E-state index contributed by atoms with van der Waals surface area (Å²) in [5.41, 5.74) is 0.694. The average molecular weight is 135 g/mol. The van der Waals surface area contributed by atoms with Crippen molar-refractivity contribution in [2.75, 3.05) is 0 Å². The van der Waals surface area contributed by atoms with Gasteiger partial charge in [0.1, 0.15) is 0 Å². The zero-order valence-electron chi connectivity index (χ0n) is 5.66. The highest BCUT2D eigenvalue weighted by molar-refractivity contribution is 5.72. The van der Waals surface area contributed by atoms with Crippen molar-refractivity contribution in [1.82, 2.24) is 4.57 Å². The molecule has 1 heterocycles. The van der Waals surface area contributed by atoms with Crippen LogP contribution in [0.25, 0.3) is 0 Å². The largest absolute Gasteiger partial charge is 0.342 e. The highest BCUT2D eigenvalue weighted by Crippen LogP contribution is 1.97. The summed E-state index contributed by atoms with van der Waals surface area (Å²) >= 11 is 0. The minimum Gasteiger partial charge on any atom is -0.342 e. The molecule has 0 radical (unpaired) electrons. The quantitative estimate of drug-likeness (QED) is 0.454. The second kappa shape index (κ2) is 3.01. The van der Waals surface area contributed by atoms with E-state index in [2.05, 4.69) is 6.58 Å². The molecule has 52 valence electrons. The summed E-state index contributed by atoms with van der Waals surface area (Å²) in [6.45, 7) is 4.27. The summed E-state index contributed by atoms with van der Waals surface area (Å²) in [7, 11) is 0. The van der Waals surface area contributed by atoms with Gasteiger partial charge in [0, 0.05) is 12.7 Å². The Kier molecular flexibility index (Phi) is 2.05. The fourth-order valence-corrected chi connectivity index (χ4v) is 0.840. The first-order valence-corrected chi connectivity index (χ1v) is 3.09. The monoisotopic (exact) mass is 135 g/mol. The molecule has 0 saturated heterocycles. The summed E-state index contributed by atoms with van der Waals surface area (Å²) in [5, 5.41) is 0. The van der Waals surface area contributed by atoms with Gasteiger partial charge in [0.15, 0.2) is 6.29 Å². The third-order valence-corrected chi connectivity index (χ3v) is 1.31. The van der Waals surface area contributed by atoms with Crippen LogP contribution in [0.2, 0.25) is 0 Å². The third-order valence-electron chi connectivity index (χ3n) is 1.31. The van der Waals surface area contributed by atoms with Crippen LogP contribution < -0.4 is 0 Å². The van der Waals surface area contributed by atoms with Gasteiger partial charge in [-0.25, -0.2) is 0 Å². The molecule has 0 unspecified atom stereocenters. The van der Waals surface area contributed by atoms with Gasteiger partial charge in [0.25, 0.3) is 0 Å². The molecule has 0 fully saturated rings. The van der Waals surface area contributed by atoms with Gasteiger partial charge in [0.05, 0.1) is 5.69 Å². The number of hydrogen-bond donors (Lipinski definition) is 0. The number of nitrogens with zero attached hydrogens (tertiary/aromatic N) is 1. The minimum atomic E-state index is 0.694. The maximum atomic E-state index is 10.3. The van der Waals surface area contributed by atoms with Gasteiger partial charge >= 0.3 is 0 Å². The number of carbonyl (C=O) groups is 1. The van der Waals surface area contributed by atoms with Gasteiger partial charge in [-0.2, -0.15) is 0 Å². The summed E-state index contributed by atoms with van der Waals surface area (Å²) in [6, 6.07) is 3.61. The number of allylic oxidation sites excluding steroid dienone is 1. The Bertz CT molecular complexity index is 237. The van der Waals surface area contributed by atoms with E-state index in [9.17, 15) is 4.79 Å². The van der Waals surface area contributed by atoms with Crippen LogP contribution in [0.1, 0.15) is 10.5 Å². The van der Waals surface area contributed by atoms with E-state index in [-0.39, 0.29) is 0 Å². The molecule has 0 aliphatic carbocycles. The molecule has 1 rings (SSSR count). The Labute approximate surface area is 59.8 Å². The zero-order valence-corrected chi connectivity index (χ0v) is 5.66. The van der Waals surface area contributed by atoms with Crippen molar-refractivity contribution in [3.8, 4) is 0 Å². The van der Waals surface area contributed by atoms with Crippen LogP contribution in [-0.4, -0.2) is 10.9 Å². The smallest absolute Gasteiger partial charge is 0.166 e. The van der Waals surface area contributed by atoms with Gasteiger partial charge in [-0.15, -0.1) is 6.58 Å². The second-order valence-corrected chi connectivity index (χ2v) is 1.99. The van der Waals surface area contributed by atoms with E-state index in [1.807, 2.05) is 16.8 Å². The second-order valence-electron chi connectivity index (χ2n) is 1.99. The van der Waals surface area contributed by atoms with Crippen molar-refractivity contribution >= 4 is 6.29 Å². The highest BCUT2D eigenvalue weighted by atomic mass is 16.1. The Hall–Kier alpha value is -1.31. The first-order valence-electron chi connectivity index (χ1n) is 3.09. The van der Waals surface area contributed by atoms with E-state index >= 15 is 0 Å². The molecule has 2 nitrogen and oxygen atoms in total. The van der Waals surface area contributed by atoms with Crippen molar-refractivity contribution in [1.29, 1.82) is 0 Å². The van der Waals surface area contributed by atoms with Gasteiger partial charge in [-0.1, -0.05) is 6.08 Å². The molecule has 0 aliphatic rings. The van der Waals surface area contributed by atoms with E-state index in [0.29, 0.717) is 12.2 Å². The lowest BCUT2D eigenvalue weighted by molar-refractivity contribution is 0.111. The molecule has 0 saturated carbocycles. The molecule has 0 aliphatic heterocycles. The van der Waals surface area contributed by atoms with Gasteiger partial charge in [-0.3, -0.25) is 4.79 Å². The number of carbonyl (C=O) groups excluding carboxylic acids is 1. The predicted molar refractivity (Wildman–Crippen MR) is 40.0 cm³/mol. The Morgan fingerprint density at radius 2 is 2.50 bits per heavy atom. The molecule has 2 heteroatoms. The first kappa shape index (κ1) is 6.81. The van der Waals surface area contributed by atoms with Crippen LogP contribution in [0.15, 0.2) is 31.0 Å². The molecule has 0 atom stereocenters. The number of hydrogen-bond acceptors (Lipinski definition) is 1. The maximum absolute atomic E-state index is 10.3. The van der Waals surface area contributed by atoms with Crippen LogP contribution in [0.5, 0.6) is 0 Å². The first-order chi connectivity index (χ1) is 4.88.